The molecule has 1 amide bonds. The van der Waals surface area contributed by atoms with Gasteiger partial charge in [0.25, 0.3) is 0 Å². The van der Waals surface area contributed by atoms with Gasteiger partial charge < -0.3 is 15.0 Å². The van der Waals surface area contributed by atoms with Crippen molar-refractivity contribution in [2.45, 2.75) is 32.4 Å². The number of H-pyrrole nitrogens is 1. The van der Waals surface area contributed by atoms with Gasteiger partial charge in [-0.2, -0.15) is 0 Å². The van der Waals surface area contributed by atoms with Crippen LogP contribution in [-0.2, 0) is 29.0 Å². The topological polar surface area (TPSA) is 103 Å². The summed E-state index contributed by atoms with van der Waals surface area (Å²) in [5, 5.41) is 11.1. The van der Waals surface area contributed by atoms with Gasteiger partial charge in [0.1, 0.15) is 6.04 Å². The number of amides is 1. The molecule has 0 aromatic carbocycles. The largest absolute Gasteiger partial charge is 0.480 e. The SMILES string of the molecule is CC(=O)c1cc(CC(=O)N2Cc3[nH]cnc3CC2C(=O)O)cs1. The molecule has 0 bridgehead atoms. The first-order chi connectivity index (χ1) is 11.0. The maximum absolute atomic E-state index is 12.5. The molecule has 3 heterocycles. The van der Waals surface area contributed by atoms with E-state index in [9.17, 15) is 19.5 Å². The van der Waals surface area contributed by atoms with Crippen molar-refractivity contribution in [3.05, 3.63) is 39.6 Å². The molecule has 120 valence electrons. The Kier molecular flexibility index (Phi) is 3.99. The number of aliphatic carboxylic acids is 1. The van der Waals surface area contributed by atoms with Crippen LogP contribution in [0.15, 0.2) is 17.8 Å². The molecule has 0 fully saturated rings. The summed E-state index contributed by atoms with van der Waals surface area (Å²) in [4.78, 5) is 44.3. The van der Waals surface area contributed by atoms with Crippen LogP contribution >= 0.6 is 11.3 Å². The normalized spacial score (nSPS) is 16.9. The highest BCUT2D eigenvalue weighted by atomic mass is 32.1. The minimum absolute atomic E-state index is 0.0443. The zero-order chi connectivity index (χ0) is 16.6. The maximum Gasteiger partial charge on any atom is 0.326 e. The van der Waals surface area contributed by atoms with Gasteiger partial charge in [0.15, 0.2) is 5.78 Å². The summed E-state index contributed by atoms with van der Waals surface area (Å²) in [5.74, 6) is -1.36. The molecule has 0 saturated heterocycles. The number of fused-ring (bicyclic) bond motifs is 1. The number of ketones is 1. The van der Waals surface area contributed by atoms with Crippen molar-refractivity contribution in [2.75, 3.05) is 0 Å². The Labute approximate surface area is 136 Å². The number of thiophene rings is 1. The van der Waals surface area contributed by atoms with Crippen LogP contribution in [0.5, 0.6) is 0 Å². The number of carbonyl (C=O) groups excluding carboxylic acids is 2. The first-order valence-electron chi connectivity index (χ1n) is 7.07. The predicted molar refractivity (Wildman–Crippen MR) is 82.3 cm³/mol. The number of aromatic nitrogens is 2. The smallest absolute Gasteiger partial charge is 0.326 e. The molecule has 1 unspecified atom stereocenters. The van der Waals surface area contributed by atoms with Crippen LogP contribution in [-0.4, -0.2) is 43.7 Å². The second-order valence-corrected chi connectivity index (χ2v) is 6.37. The molecular weight excluding hydrogens is 318 g/mol. The number of Topliss-reactive ketones (excluding diaryl/α,β-unsaturated/α-hetero) is 1. The van der Waals surface area contributed by atoms with Gasteiger partial charge in [0.2, 0.25) is 5.91 Å². The molecular formula is C15H15N3O4S. The Morgan fingerprint density at radius 1 is 1.48 bits per heavy atom. The summed E-state index contributed by atoms with van der Waals surface area (Å²) >= 11 is 1.29. The van der Waals surface area contributed by atoms with Crippen LogP contribution in [0.25, 0.3) is 0 Å². The van der Waals surface area contributed by atoms with Crippen LogP contribution in [0.2, 0.25) is 0 Å². The number of hydrogen-bond donors (Lipinski definition) is 2. The quantitative estimate of drug-likeness (QED) is 0.820. The highest BCUT2D eigenvalue weighted by Crippen LogP contribution is 2.23. The van der Waals surface area contributed by atoms with Crippen LogP contribution in [0.1, 0.15) is 33.5 Å². The van der Waals surface area contributed by atoms with Crippen LogP contribution in [0.3, 0.4) is 0 Å². The third-order valence-corrected chi connectivity index (χ3v) is 4.94. The molecule has 1 aliphatic rings. The summed E-state index contributed by atoms with van der Waals surface area (Å²) in [7, 11) is 0. The van der Waals surface area contributed by atoms with Crippen molar-refractivity contribution in [3.63, 3.8) is 0 Å². The lowest BCUT2D eigenvalue weighted by atomic mass is 10.0. The van der Waals surface area contributed by atoms with Gasteiger partial charge in [-0.05, 0) is 23.9 Å². The molecule has 2 aromatic rings. The molecule has 0 saturated carbocycles. The maximum atomic E-state index is 12.5. The van der Waals surface area contributed by atoms with E-state index in [0.29, 0.717) is 10.6 Å². The number of carbonyl (C=O) groups is 3. The monoisotopic (exact) mass is 333 g/mol. The summed E-state index contributed by atoms with van der Waals surface area (Å²) in [6, 6.07) is 0.774. The Morgan fingerprint density at radius 2 is 2.26 bits per heavy atom. The standard InChI is InChI=1S/C15H15N3O4S/c1-8(19)13-2-9(6-23-13)3-14(20)18-5-11-10(16-7-17-11)4-12(18)15(21)22/h2,6-7,12H,3-5H2,1H3,(H,16,17)(H,21,22). The minimum atomic E-state index is -1.04. The zero-order valence-corrected chi connectivity index (χ0v) is 13.2. The minimum Gasteiger partial charge on any atom is -0.480 e. The molecule has 0 spiro atoms. The number of carboxylic acids is 1. The molecule has 1 aliphatic heterocycles. The number of rotatable bonds is 4. The number of nitrogens with one attached hydrogen (secondary N) is 1. The van der Waals surface area contributed by atoms with E-state index >= 15 is 0 Å². The van der Waals surface area contributed by atoms with E-state index in [1.54, 1.807) is 11.4 Å². The Bertz CT molecular complexity index is 779. The Hall–Kier alpha value is -2.48. The molecule has 3 rings (SSSR count). The van der Waals surface area contributed by atoms with Gasteiger partial charge in [-0.1, -0.05) is 0 Å². The van der Waals surface area contributed by atoms with Crippen molar-refractivity contribution >= 4 is 29.0 Å². The first-order valence-corrected chi connectivity index (χ1v) is 7.95. The summed E-state index contributed by atoms with van der Waals surface area (Å²) in [6.07, 6.45) is 1.79. The van der Waals surface area contributed by atoms with E-state index in [1.807, 2.05) is 0 Å². The zero-order valence-electron chi connectivity index (χ0n) is 12.4. The Morgan fingerprint density at radius 3 is 2.91 bits per heavy atom. The van der Waals surface area contributed by atoms with Gasteiger partial charge in [-0.15, -0.1) is 11.3 Å². The number of nitrogens with zero attached hydrogens (tertiary/aromatic N) is 2. The molecule has 23 heavy (non-hydrogen) atoms. The predicted octanol–water partition coefficient (Wildman–Crippen LogP) is 1.25. The fourth-order valence-corrected chi connectivity index (χ4v) is 3.46. The van der Waals surface area contributed by atoms with Crippen LogP contribution in [0, 0.1) is 0 Å². The number of hydrogen-bond acceptors (Lipinski definition) is 5. The van der Waals surface area contributed by atoms with Crippen molar-refractivity contribution in [3.8, 4) is 0 Å². The molecule has 0 radical (unpaired) electrons. The van der Waals surface area contributed by atoms with E-state index in [4.69, 9.17) is 0 Å². The third kappa shape index (κ3) is 3.02. The molecule has 0 aliphatic carbocycles. The number of aromatic amines is 1. The van der Waals surface area contributed by atoms with Gasteiger partial charge in [0.05, 0.1) is 35.6 Å². The lowest BCUT2D eigenvalue weighted by Crippen LogP contribution is -2.49. The molecule has 8 heteroatoms. The van der Waals surface area contributed by atoms with Crippen molar-refractivity contribution in [1.82, 2.24) is 14.9 Å². The van der Waals surface area contributed by atoms with E-state index < -0.39 is 12.0 Å². The second-order valence-electron chi connectivity index (χ2n) is 5.46. The van der Waals surface area contributed by atoms with Crippen LogP contribution in [0.4, 0.5) is 0 Å². The fourth-order valence-electron chi connectivity index (χ4n) is 2.65. The number of carboxylic acid groups (broad SMARTS) is 1. The van der Waals surface area contributed by atoms with Crippen molar-refractivity contribution in [2.24, 2.45) is 0 Å². The lowest BCUT2D eigenvalue weighted by molar-refractivity contribution is -0.151. The second kappa shape index (κ2) is 5.96. The van der Waals surface area contributed by atoms with E-state index in [2.05, 4.69) is 9.97 Å². The third-order valence-electron chi connectivity index (χ3n) is 3.86. The molecule has 7 nitrogen and oxygen atoms in total. The average molecular weight is 333 g/mol. The average Bonchev–Trinajstić information content (AvgIpc) is 3.13. The molecule has 2 N–H and O–H groups in total. The summed E-state index contributed by atoms with van der Waals surface area (Å²) < 4.78 is 0. The highest BCUT2D eigenvalue weighted by Gasteiger charge is 2.35. The number of imidazole rings is 1. The van der Waals surface area contributed by atoms with Gasteiger partial charge >= 0.3 is 5.97 Å². The summed E-state index contributed by atoms with van der Waals surface area (Å²) in [5.41, 5.74) is 2.19. The fraction of sp³-hybridized carbons (Fsp3) is 0.333. The van der Waals surface area contributed by atoms with Gasteiger partial charge in [-0.25, -0.2) is 9.78 Å². The molecule has 1 atom stereocenters. The highest BCUT2D eigenvalue weighted by molar-refractivity contribution is 7.12. The lowest BCUT2D eigenvalue weighted by Gasteiger charge is -2.32. The van der Waals surface area contributed by atoms with Gasteiger partial charge in [-0.3, -0.25) is 9.59 Å². The first kappa shape index (κ1) is 15.4. The van der Waals surface area contributed by atoms with Crippen molar-refractivity contribution < 1.29 is 19.5 Å². The Balaban J connectivity index is 1.79. The van der Waals surface area contributed by atoms with Crippen molar-refractivity contribution in [1.29, 1.82) is 0 Å². The summed E-state index contributed by atoms with van der Waals surface area (Å²) in [6.45, 7) is 1.68. The molecule has 2 aromatic heterocycles. The van der Waals surface area contributed by atoms with Gasteiger partial charge in [0, 0.05) is 6.42 Å². The van der Waals surface area contributed by atoms with E-state index in [1.165, 1.54) is 29.5 Å². The van der Waals surface area contributed by atoms with Crippen LogP contribution < -0.4 is 0 Å². The van der Waals surface area contributed by atoms with E-state index in [-0.39, 0.29) is 31.1 Å². The van der Waals surface area contributed by atoms with E-state index in [0.717, 1.165) is 11.3 Å².